The van der Waals surface area contributed by atoms with Gasteiger partial charge >= 0.3 is 5.97 Å². The fourth-order valence-corrected chi connectivity index (χ4v) is 12.1. The highest BCUT2D eigenvalue weighted by Gasteiger charge is 2.45. The monoisotopic (exact) mass is 1490 g/mol. The van der Waals surface area contributed by atoms with E-state index in [1.807, 2.05) is 0 Å². The number of allylic oxidation sites excluding steroid dienone is 1. The lowest BCUT2D eigenvalue weighted by Gasteiger charge is -2.33. The van der Waals surface area contributed by atoms with Crippen molar-refractivity contribution < 1.29 is 82.1 Å². The summed E-state index contributed by atoms with van der Waals surface area (Å²) >= 11 is 0. The topological polar surface area (TPSA) is 462 Å². The van der Waals surface area contributed by atoms with Crippen LogP contribution in [0.15, 0.2) is 42.1 Å². The van der Waals surface area contributed by atoms with Gasteiger partial charge in [0.25, 0.3) is 5.91 Å². The number of cyclic esters (lactones) is 1. The molecule has 0 radical (unpaired) electrons. The summed E-state index contributed by atoms with van der Waals surface area (Å²) in [6, 6.07) is -7.88. The molecule has 16 atom stereocenters. The van der Waals surface area contributed by atoms with Gasteiger partial charge in [-0.25, -0.2) is 4.79 Å². The number of benzene rings is 1. The Labute approximate surface area is 625 Å². The highest BCUT2D eigenvalue weighted by Crippen LogP contribution is 2.23. The van der Waals surface area contributed by atoms with Crippen molar-refractivity contribution in [3.63, 3.8) is 0 Å². The summed E-state index contributed by atoms with van der Waals surface area (Å²) in [6.45, 7) is 30.7. The first-order valence-electron chi connectivity index (χ1n) is 37.5. The molecule has 3 rings (SSSR count). The van der Waals surface area contributed by atoms with E-state index in [0.717, 1.165) is 0 Å². The number of aliphatic hydroxyl groups excluding tert-OH is 1. The number of carbonyl (C=O) groups is 14. The van der Waals surface area contributed by atoms with Crippen LogP contribution in [0.1, 0.15) is 195 Å². The van der Waals surface area contributed by atoms with Crippen molar-refractivity contribution in [2.75, 3.05) is 13.1 Å². The lowest BCUT2D eigenvalue weighted by Crippen LogP contribution is -2.64. The van der Waals surface area contributed by atoms with Crippen LogP contribution < -0.4 is 69.5 Å². The zero-order valence-electron chi connectivity index (χ0n) is 65.6. The zero-order valence-corrected chi connectivity index (χ0v) is 65.6. The maximum absolute atomic E-state index is 15.0. The predicted molar refractivity (Wildman–Crippen MR) is 397 cm³/mol. The van der Waals surface area contributed by atoms with E-state index >= 15 is 9.59 Å². The van der Waals surface area contributed by atoms with E-state index in [-0.39, 0.29) is 57.3 Å². The molecule has 2 aliphatic heterocycles. The van der Waals surface area contributed by atoms with Gasteiger partial charge in [-0.1, -0.05) is 146 Å². The molecule has 2 fully saturated rings. The Hall–Kier alpha value is -8.58. The second-order valence-electron chi connectivity index (χ2n) is 30.6. The first-order chi connectivity index (χ1) is 49.5. The van der Waals surface area contributed by atoms with Gasteiger partial charge in [-0.05, 0) is 127 Å². The van der Waals surface area contributed by atoms with Gasteiger partial charge < -0.3 is 89.4 Å². The molecule has 2 saturated heterocycles. The molecular formula is C75H124N14O17. The van der Waals surface area contributed by atoms with Gasteiger partial charge in [-0.3, -0.25) is 62.3 Å². The normalized spacial score (nSPS) is 22.6. The molecule has 31 heteroatoms. The zero-order chi connectivity index (χ0) is 80.4. The number of hydrogen-bond donors (Lipinski definition) is 15. The van der Waals surface area contributed by atoms with Gasteiger partial charge in [-0.2, -0.15) is 0 Å². The molecule has 596 valence electrons. The maximum Gasteiger partial charge on any atom is 0.329 e. The Morgan fingerprint density at radius 3 is 1.71 bits per heavy atom. The second kappa shape index (κ2) is 43.3. The first kappa shape index (κ1) is 91.6. The fraction of sp³-hybridized carbons (Fsp3) is 0.707. The van der Waals surface area contributed by atoms with Crippen LogP contribution in [0.3, 0.4) is 0 Å². The number of amides is 13. The molecule has 0 bridgehead atoms. The van der Waals surface area contributed by atoms with Crippen molar-refractivity contribution in [3.8, 4) is 0 Å². The fourth-order valence-electron chi connectivity index (χ4n) is 12.1. The molecule has 0 aliphatic carbocycles. The van der Waals surface area contributed by atoms with Gasteiger partial charge in [0.15, 0.2) is 0 Å². The minimum atomic E-state index is -1.83. The van der Waals surface area contributed by atoms with Gasteiger partial charge in [-0.15, -0.1) is 0 Å². The summed E-state index contributed by atoms with van der Waals surface area (Å²) < 4.78 is 5.96. The summed E-state index contributed by atoms with van der Waals surface area (Å²) in [5.41, 5.74) is 5.33. The van der Waals surface area contributed by atoms with Gasteiger partial charge in [0, 0.05) is 19.4 Å². The Morgan fingerprint density at radius 2 is 1.18 bits per heavy atom. The molecule has 0 saturated carbocycles. The third-order valence-corrected chi connectivity index (χ3v) is 19.3. The number of aliphatic hydroxyl groups is 2. The molecule has 31 nitrogen and oxygen atoms in total. The van der Waals surface area contributed by atoms with Crippen molar-refractivity contribution in [1.29, 1.82) is 0 Å². The molecule has 0 unspecified atom stereocenters. The van der Waals surface area contributed by atoms with Crippen molar-refractivity contribution in [2.45, 2.75) is 286 Å². The van der Waals surface area contributed by atoms with Gasteiger partial charge in [0.2, 0.25) is 70.9 Å². The quantitative estimate of drug-likeness (QED) is 0.0344. The van der Waals surface area contributed by atoms with E-state index in [0.29, 0.717) is 31.2 Å². The Bertz CT molecular complexity index is 3210. The SMILES string of the molecule is C/C=C1\NC(=O)[C@H](Cc2ccccc2)NC(=O)[C@@H](C(C)C)NC(=O)[C@@H]([C@@H](C)CC)NC(=O)[C@H](NC(=O)[C@H](NC(=O)[C@H](CCCN)NC(=O)[C@H]2CCCN2C(=O)[C@H](NC(=O)[C@@H](NC(=O)[C@@H](NC(=O)[C@H](NC(=O)CCCC(C)(C)O)C(C)C)[C@@H](C)O)C(C)C)C(C)C)[C@@H](C)CC)[C@@H](C)OC(=O)[C@H](C(C)C)NC1=O. The van der Waals surface area contributed by atoms with Crippen molar-refractivity contribution >= 4 is 82.8 Å². The Kier molecular flexibility index (Phi) is 37.4. The lowest BCUT2D eigenvalue weighted by atomic mass is 9.95. The Balaban J connectivity index is 1.99. The van der Waals surface area contributed by atoms with Crippen molar-refractivity contribution in [3.05, 3.63) is 47.7 Å². The molecular weight excluding hydrogens is 1370 g/mol. The van der Waals surface area contributed by atoms with Crippen LogP contribution in [0.2, 0.25) is 0 Å². The number of nitrogens with two attached hydrogens (primary N) is 1. The number of ether oxygens (including phenoxy) is 1. The molecule has 2 aliphatic rings. The Morgan fingerprint density at radius 1 is 0.642 bits per heavy atom. The summed E-state index contributed by atoms with van der Waals surface area (Å²) in [7, 11) is 0. The molecule has 2 heterocycles. The molecule has 13 amide bonds. The van der Waals surface area contributed by atoms with Crippen molar-refractivity contribution in [1.82, 2.24) is 68.7 Å². The average Bonchev–Trinajstić information content (AvgIpc) is 1.54. The molecule has 0 aromatic heterocycles. The number of nitrogens with one attached hydrogen (secondary N) is 12. The molecule has 16 N–H and O–H groups in total. The minimum Gasteiger partial charge on any atom is -0.458 e. The number of likely N-dealkylation sites (tertiary alicyclic amines) is 1. The van der Waals surface area contributed by atoms with E-state index in [9.17, 15) is 67.7 Å². The number of rotatable bonds is 33. The number of nitrogens with zero attached hydrogens (tertiary/aromatic N) is 1. The van der Waals surface area contributed by atoms with E-state index in [2.05, 4.69) is 63.8 Å². The molecule has 1 aromatic rings. The summed E-state index contributed by atoms with van der Waals surface area (Å²) in [4.78, 5) is 202. The number of esters is 1. The largest absolute Gasteiger partial charge is 0.458 e. The van der Waals surface area contributed by atoms with Crippen LogP contribution in [0, 0.1) is 41.4 Å². The van der Waals surface area contributed by atoms with Crippen LogP contribution in [0.4, 0.5) is 0 Å². The van der Waals surface area contributed by atoms with E-state index in [1.165, 1.54) is 31.7 Å². The number of hydrogen-bond acceptors (Lipinski definition) is 18. The second-order valence-corrected chi connectivity index (χ2v) is 30.6. The third kappa shape index (κ3) is 28.0. The smallest absolute Gasteiger partial charge is 0.329 e. The van der Waals surface area contributed by atoms with Crippen LogP contribution in [-0.2, 0) is 78.3 Å². The number of carbonyl (C=O) groups excluding carboxylic acids is 14. The van der Waals surface area contributed by atoms with Crippen molar-refractivity contribution in [2.24, 2.45) is 47.2 Å². The summed E-state index contributed by atoms with van der Waals surface area (Å²) in [5.74, 6) is -15.9. The third-order valence-electron chi connectivity index (χ3n) is 19.3. The molecule has 106 heavy (non-hydrogen) atoms. The highest BCUT2D eigenvalue weighted by atomic mass is 16.5. The molecule has 1 aromatic carbocycles. The first-order valence-corrected chi connectivity index (χ1v) is 37.5. The predicted octanol–water partition coefficient (Wildman–Crippen LogP) is 0.951. The average molecular weight is 1490 g/mol. The van der Waals surface area contributed by atoms with Crippen LogP contribution in [-0.4, -0.2) is 201 Å². The minimum absolute atomic E-state index is 0.0134. The summed E-state index contributed by atoms with van der Waals surface area (Å²) in [6.07, 6.45) is 0.00873. The van der Waals surface area contributed by atoms with Gasteiger partial charge in [0.05, 0.1) is 11.7 Å². The lowest BCUT2D eigenvalue weighted by molar-refractivity contribution is -0.157. The van der Waals surface area contributed by atoms with Gasteiger partial charge in [0.1, 0.15) is 84.3 Å². The summed E-state index contributed by atoms with van der Waals surface area (Å²) in [5, 5.41) is 53.1. The maximum atomic E-state index is 15.0. The van der Waals surface area contributed by atoms with Crippen LogP contribution >= 0.6 is 0 Å². The van der Waals surface area contributed by atoms with Crippen LogP contribution in [0.25, 0.3) is 0 Å². The highest BCUT2D eigenvalue weighted by molar-refractivity contribution is 6.03. The van der Waals surface area contributed by atoms with E-state index < -0.39 is 214 Å². The van der Waals surface area contributed by atoms with Crippen LogP contribution in [0.5, 0.6) is 0 Å². The van der Waals surface area contributed by atoms with E-state index in [4.69, 9.17) is 10.5 Å². The van der Waals surface area contributed by atoms with E-state index in [1.54, 1.807) is 141 Å². The molecule has 0 spiro atoms. The standard InChI is InChI=1S/C75H124N14O17/c1-20-43(14)58(70(100)88-61-46(17)106-74(104)57(42(12)13)84-62(92)48(22-3)77-64(94)50(37-47-29-24-23-25-30-47)79-66(96)54(39(6)7)81-69(99)59(44(15)21-2)86-72(61)102)85-63(93)49(31-27-35-76)78-65(95)51-32-28-36-89(51)73(103)56(41(10)11)83-68(98)55(40(8)9)82-71(101)60(45(16)90)87-67(97)53(38(4)5)80-52(91)33-26-34-75(18,19)105/h22-25,29-30,38-46,49-51,53-61,90,105H,20-21,26-28,31-37,76H2,1-19H3,(H,77,94)(H,78,95)(H,79,96)(H,80,91)(H,81,99)(H,82,101)(H,83,98)(H,84,92)(H,85,93)(H,86,102)(H,87,97)(H,88,100)/b48-22-/t43-,44-,45+,46+,49-,50-,51+,53+,54+,55-,56+,57-,58+,59+,60-,61+/m0/s1.